The molecule has 1 aliphatic heterocycles. The zero-order chi connectivity index (χ0) is 26.7. The lowest BCUT2D eigenvalue weighted by molar-refractivity contribution is -0.148. The molecule has 1 atom stereocenters. The largest absolute Gasteiger partial charge is 0.350 e. The van der Waals surface area contributed by atoms with Crippen LogP contribution in [0.4, 0.5) is 0 Å². The molecule has 2 heterocycles. The van der Waals surface area contributed by atoms with E-state index < -0.39 is 6.04 Å². The van der Waals surface area contributed by atoms with Gasteiger partial charge in [0.25, 0.3) is 0 Å². The van der Waals surface area contributed by atoms with Gasteiger partial charge in [-0.15, -0.1) is 0 Å². The first-order chi connectivity index (χ1) is 17.7. The Bertz CT molecular complexity index is 1220. The predicted molar refractivity (Wildman–Crippen MR) is 150 cm³/mol. The first-order valence-electron chi connectivity index (χ1n) is 13.5. The summed E-state index contributed by atoms with van der Waals surface area (Å²) in [4.78, 5) is 33.1. The van der Waals surface area contributed by atoms with Gasteiger partial charge in [0.15, 0.2) is 0 Å². The summed E-state index contributed by atoms with van der Waals surface area (Å²) in [5.74, 6) is 0.119. The van der Waals surface area contributed by atoms with Gasteiger partial charge in [0.05, 0.1) is 0 Å². The van der Waals surface area contributed by atoms with E-state index in [0.717, 1.165) is 12.8 Å². The van der Waals surface area contributed by atoms with E-state index in [4.69, 9.17) is 0 Å². The number of rotatable bonds is 8. The molecule has 0 saturated carbocycles. The summed E-state index contributed by atoms with van der Waals surface area (Å²) in [5, 5.41) is 1.19. The number of likely N-dealkylation sites (N-methyl/N-ethyl adjacent to an activating group) is 1. The van der Waals surface area contributed by atoms with Crippen molar-refractivity contribution in [2.24, 2.45) is 13.0 Å². The molecule has 1 aromatic heterocycles. The molecule has 2 amide bonds. The van der Waals surface area contributed by atoms with Crippen LogP contribution < -0.4 is 0 Å². The van der Waals surface area contributed by atoms with Crippen LogP contribution in [-0.4, -0.2) is 71.4 Å². The fraction of sp³-hybridized carbons (Fsp3) is 0.484. The molecule has 1 saturated heterocycles. The van der Waals surface area contributed by atoms with E-state index in [1.807, 2.05) is 44.0 Å². The molecule has 0 spiro atoms. The van der Waals surface area contributed by atoms with E-state index in [9.17, 15) is 9.59 Å². The Morgan fingerprint density at radius 2 is 1.57 bits per heavy atom. The van der Waals surface area contributed by atoms with E-state index in [1.165, 1.54) is 22.0 Å². The normalized spacial score (nSPS) is 16.4. The molecule has 0 aliphatic carbocycles. The number of nitrogens with zero attached hydrogens (tertiary/aromatic N) is 4. The number of para-hydroxylation sites is 1. The molecule has 3 aromatic rings. The molecule has 0 radical (unpaired) electrons. The van der Waals surface area contributed by atoms with Crippen molar-refractivity contribution in [3.63, 3.8) is 0 Å². The highest BCUT2D eigenvalue weighted by Crippen LogP contribution is 2.37. The molecule has 1 unspecified atom stereocenters. The summed E-state index contributed by atoms with van der Waals surface area (Å²) in [5.41, 5.74) is 3.56. The van der Waals surface area contributed by atoms with Gasteiger partial charge in [0.1, 0.15) is 6.04 Å². The third-order valence-electron chi connectivity index (χ3n) is 8.35. The van der Waals surface area contributed by atoms with Crippen LogP contribution in [0.3, 0.4) is 0 Å². The Balaban J connectivity index is 1.43. The van der Waals surface area contributed by atoms with Gasteiger partial charge in [-0.05, 0) is 56.5 Å². The standard InChI is InChI=1S/C31H42N4O2/c1-23(2)29(34(6)28(36)17-16-24-22-33(5)27-15-11-10-14-26(24)27)30(37)35-20-18-31(19-21-35,32(3)4)25-12-8-7-9-13-25/h7-15,22-23,29H,16-21H2,1-6H3. The van der Waals surface area contributed by atoms with Crippen LogP contribution in [0.2, 0.25) is 0 Å². The van der Waals surface area contributed by atoms with E-state index in [-0.39, 0.29) is 23.3 Å². The molecule has 198 valence electrons. The number of amides is 2. The second kappa shape index (κ2) is 11.1. The number of fused-ring (bicyclic) bond motifs is 1. The van der Waals surface area contributed by atoms with Gasteiger partial charge < -0.3 is 14.4 Å². The van der Waals surface area contributed by atoms with Crippen LogP contribution in [0.15, 0.2) is 60.8 Å². The molecule has 6 nitrogen and oxygen atoms in total. The Morgan fingerprint density at radius 3 is 2.19 bits per heavy atom. The number of hydrogen-bond donors (Lipinski definition) is 0. The molecular formula is C31H42N4O2. The summed E-state index contributed by atoms with van der Waals surface area (Å²) in [7, 11) is 8.09. The van der Waals surface area contributed by atoms with E-state index >= 15 is 0 Å². The summed E-state index contributed by atoms with van der Waals surface area (Å²) < 4.78 is 2.11. The average molecular weight is 503 g/mol. The lowest BCUT2D eigenvalue weighted by Gasteiger charge is -2.47. The highest BCUT2D eigenvalue weighted by Gasteiger charge is 2.41. The van der Waals surface area contributed by atoms with E-state index in [1.54, 1.807) is 11.9 Å². The Labute approximate surface area is 221 Å². The highest BCUT2D eigenvalue weighted by molar-refractivity contribution is 5.89. The Morgan fingerprint density at radius 1 is 0.946 bits per heavy atom. The van der Waals surface area contributed by atoms with Gasteiger partial charge in [-0.3, -0.25) is 14.5 Å². The minimum absolute atomic E-state index is 0.0175. The predicted octanol–water partition coefficient (Wildman–Crippen LogP) is 4.67. The molecular weight excluding hydrogens is 460 g/mol. The summed E-state index contributed by atoms with van der Waals surface area (Å²) in [6, 6.07) is 18.4. The zero-order valence-corrected chi connectivity index (χ0v) is 23.3. The topological polar surface area (TPSA) is 48.8 Å². The fourth-order valence-corrected chi connectivity index (χ4v) is 6.12. The van der Waals surface area contributed by atoms with Gasteiger partial charge in [0, 0.05) is 56.2 Å². The Hall–Kier alpha value is -3.12. The SMILES string of the molecule is CC(C)C(C(=O)N1CCC(c2ccccc2)(N(C)C)CC1)N(C)C(=O)CCc1cn(C)c2ccccc12. The first kappa shape index (κ1) is 26.9. The van der Waals surface area contributed by atoms with Crippen LogP contribution in [0.5, 0.6) is 0 Å². The van der Waals surface area contributed by atoms with Crippen molar-refractivity contribution in [1.82, 2.24) is 19.3 Å². The number of piperidine rings is 1. The number of aromatic nitrogens is 1. The lowest BCUT2D eigenvalue weighted by atomic mass is 9.79. The van der Waals surface area contributed by atoms with E-state index in [0.29, 0.717) is 25.9 Å². The third-order valence-corrected chi connectivity index (χ3v) is 8.35. The maximum absolute atomic E-state index is 13.8. The van der Waals surface area contributed by atoms with Gasteiger partial charge in [-0.1, -0.05) is 62.4 Å². The smallest absolute Gasteiger partial charge is 0.245 e. The molecule has 1 fully saturated rings. The van der Waals surface area contributed by atoms with Crippen molar-refractivity contribution >= 4 is 22.7 Å². The minimum Gasteiger partial charge on any atom is -0.350 e. The summed E-state index contributed by atoms with van der Waals surface area (Å²) in [6.07, 6.45) is 4.91. The molecule has 4 rings (SSSR count). The summed E-state index contributed by atoms with van der Waals surface area (Å²) >= 11 is 0. The minimum atomic E-state index is -0.455. The maximum atomic E-state index is 13.8. The Kier molecular flexibility index (Phi) is 8.08. The molecule has 0 N–H and O–H groups in total. The van der Waals surface area contributed by atoms with Crippen LogP contribution in [0.1, 0.15) is 44.2 Å². The van der Waals surface area contributed by atoms with Crippen LogP contribution in [0.25, 0.3) is 10.9 Å². The van der Waals surface area contributed by atoms with Crippen molar-refractivity contribution < 1.29 is 9.59 Å². The van der Waals surface area contributed by atoms with Crippen molar-refractivity contribution in [2.75, 3.05) is 34.2 Å². The van der Waals surface area contributed by atoms with Gasteiger partial charge in [-0.25, -0.2) is 0 Å². The third kappa shape index (κ3) is 5.30. The van der Waals surface area contributed by atoms with Gasteiger partial charge in [-0.2, -0.15) is 0 Å². The molecule has 37 heavy (non-hydrogen) atoms. The van der Waals surface area contributed by atoms with Crippen molar-refractivity contribution in [2.45, 2.75) is 51.1 Å². The molecule has 1 aliphatic rings. The second-order valence-electron chi connectivity index (χ2n) is 11.1. The number of benzene rings is 2. The van der Waals surface area contributed by atoms with Crippen molar-refractivity contribution in [3.05, 3.63) is 71.9 Å². The van der Waals surface area contributed by atoms with E-state index in [2.05, 4.69) is 66.2 Å². The monoisotopic (exact) mass is 502 g/mol. The van der Waals surface area contributed by atoms with Crippen LogP contribution >= 0.6 is 0 Å². The van der Waals surface area contributed by atoms with Crippen LogP contribution in [-0.2, 0) is 28.6 Å². The first-order valence-corrected chi connectivity index (χ1v) is 13.5. The highest BCUT2D eigenvalue weighted by atomic mass is 16.2. The lowest BCUT2D eigenvalue weighted by Crippen LogP contribution is -2.57. The number of hydrogen-bond acceptors (Lipinski definition) is 3. The second-order valence-corrected chi connectivity index (χ2v) is 11.1. The quantitative estimate of drug-likeness (QED) is 0.450. The van der Waals surface area contributed by atoms with Gasteiger partial charge >= 0.3 is 0 Å². The van der Waals surface area contributed by atoms with Crippen LogP contribution in [0, 0.1) is 5.92 Å². The number of aryl methyl sites for hydroxylation is 2. The maximum Gasteiger partial charge on any atom is 0.245 e. The van der Waals surface area contributed by atoms with Gasteiger partial charge in [0.2, 0.25) is 11.8 Å². The number of likely N-dealkylation sites (tertiary alicyclic amines) is 1. The average Bonchev–Trinajstić information content (AvgIpc) is 3.22. The van der Waals surface area contributed by atoms with Crippen molar-refractivity contribution in [3.8, 4) is 0 Å². The summed E-state index contributed by atoms with van der Waals surface area (Å²) in [6.45, 7) is 5.45. The molecule has 2 aromatic carbocycles. The number of carbonyl (C=O) groups is 2. The number of carbonyl (C=O) groups excluding carboxylic acids is 2. The molecule has 0 bridgehead atoms. The zero-order valence-electron chi connectivity index (χ0n) is 23.3. The van der Waals surface area contributed by atoms with Crippen molar-refractivity contribution in [1.29, 1.82) is 0 Å². The molecule has 6 heteroatoms. The fourth-order valence-electron chi connectivity index (χ4n) is 6.12.